The summed E-state index contributed by atoms with van der Waals surface area (Å²) in [6, 6.07) is 0. The molecule has 0 saturated carbocycles. The van der Waals surface area contributed by atoms with E-state index in [9.17, 15) is 0 Å². The third-order valence-corrected chi connectivity index (χ3v) is 0. The van der Waals surface area contributed by atoms with Crippen molar-refractivity contribution in [2.75, 3.05) is 0 Å². The van der Waals surface area contributed by atoms with E-state index >= 15 is 0 Å². The van der Waals surface area contributed by atoms with Crippen molar-refractivity contribution in [3.8, 4) is 0 Å². The summed E-state index contributed by atoms with van der Waals surface area (Å²) >= 11 is 0. The maximum absolute atomic E-state index is 8.33. The van der Waals surface area contributed by atoms with Crippen LogP contribution < -0.4 is 39.8 Å². The van der Waals surface area contributed by atoms with Crippen LogP contribution in [0.5, 0.6) is 0 Å². The number of carbonyl (C=O) groups excluding carboxylic acids is 1. The second kappa shape index (κ2) is 16.6. The molecular weight excluding hydrogens is 282 g/mol. The SMILES string of the molecule is O=C([O-])[O-].O=[N+]([O-])[O-].[Ba+2].[Na+]. The third-order valence-electron chi connectivity index (χ3n) is 0. The Morgan fingerprint density at radius 3 is 1.20 bits per heavy atom. The van der Waals surface area contributed by atoms with Gasteiger partial charge in [0.05, 0.1) is 5.09 Å². The molecule has 0 N–H and O–H groups in total. The van der Waals surface area contributed by atoms with Crippen LogP contribution in [-0.2, 0) is 0 Å². The van der Waals surface area contributed by atoms with Crippen LogP contribution >= 0.6 is 0 Å². The zero-order valence-corrected chi connectivity index (χ0v) is 11.5. The van der Waals surface area contributed by atoms with E-state index < -0.39 is 11.2 Å². The molecule has 0 spiro atoms. The van der Waals surface area contributed by atoms with Gasteiger partial charge in [0.25, 0.3) is 0 Å². The molecule has 0 unspecified atom stereocenters. The molecule has 0 aliphatic carbocycles. The number of hydrogen-bond donors (Lipinski definition) is 0. The summed E-state index contributed by atoms with van der Waals surface area (Å²) in [7, 11) is 0. The Kier molecular flexibility index (Phi) is 37.2. The largest absolute Gasteiger partial charge is 2.00 e. The molecule has 0 amide bonds. The van der Waals surface area contributed by atoms with Crippen LogP contribution in [0.3, 0.4) is 0 Å². The summed E-state index contributed by atoms with van der Waals surface area (Å²) in [5, 5.41) is 31.4. The average molecular weight is 282 g/mol. The minimum Gasteiger partial charge on any atom is -0.652 e. The van der Waals surface area contributed by atoms with Crippen molar-refractivity contribution in [2.24, 2.45) is 0 Å². The summed E-state index contributed by atoms with van der Waals surface area (Å²) in [5.74, 6) is 0. The van der Waals surface area contributed by atoms with Gasteiger partial charge in [0, 0.05) is 0 Å². The van der Waals surface area contributed by atoms with Gasteiger partial charge in [-0.15, -0.1) is 0 Å². The molecular formula is CBaNNaO6. The number of hydrogen-bond acceptors (Lipinski definition) is 6. The Labute approximate surface area is 118 Å². The summed E-state index contributed by atoms with van der Waals surface area (Å²) in [6.45, 7) is 0. The molecule has 0 radical (unpaired) electrons. The fourth-order valence-electron chi connectivity index (χ4n) is 0. The Hall–Kier alpha value is 1.04. The van der Waals surface area contributed by atoms with E-state index in [1.807, 2.05) is 0 Å². The van der Waals surface area contributed by atoms with Crippen LogP contribution in [0.2, 0.25) is 0 Å². The van der Waals surface area contributed by atoms with E-state index in [2.05, 4.69) is 0 Å². The third kappa shape index (κ3) is 539. The second-order valence-corrected chi connectivity index (χ2v) is 0.474. The molecule has 0 saturated heterocycles. The van der Waals surface area contributed by atoms with E-state index in [0.29, 0.717) is 0 Å². The van der Waals surface area contributed by atoms with E-state index in [0.717, 1.165) is 0 Å². The van der Waals surface area contributed by atoms with E-state index in [-0.39, 0.29) is 78.4 Å². The van der Waals surface area contributed by atoms with E-state index in [4.69, 9.17) is 30.3 Å². The van der Waals surface area contributed by atoms with Crippen molar-refractivity contribution < 1.29 is 49.7 Å². The molecule has 0 aromatic rings. The van der Waals surface area contributed by atoms with Crippen molar-refractivity contribution in [2.45, 2.75) is 0 Å². The first kappa shape index (κ1) is 22.5. The second-order valence-electron chi connectivity index (χ2n) is 0.474. The molecule has 9 heteroatoms. The van der Waals surface area contributed by atoms with Crippen LogP contribution in [0, 0.1) is 15.3 Å². The molecule has 0 atom stereocenters. The van der Waals surface area contributed by atoms with E-state index in [1.54, 1.807) is 0 Å². The molecule has 48 valence electrons. The smallest absolute Gasteiger partial charge is 0.652 e. The van der Waals surface area contributed by atoms with Crippen molar-refractivity contribution in [3.63, 3.8) is 0 Å². The maximum atomic E-state index is 8.33. The standard InChI is InChI=1S/CH2O3.Ba.NO3.Na/c2-1(3)4;;2-1(3)4;/h(H2,2,3,4);;;/q;+2;-1;+1/p-2. The Morgan fingerprint density at radius 2 is 1.20 bits per heavy atom. The quantitative estimate of drug-likeness (QED) is 0.247. The van der Waals surface area contributed by atoms with Crippen LogP contribution in [0.1, 0.15) is 0 Å². The summed E-state index contributed by atoms with van der Waals surface area (Å²) in [4.78, 5) is 16.6. The van der Waals surface area contributed by atoms with Crippen molar-refractivity contribution in [1.29, 1.82) is 0 Å². The molecule has 0 fully saturated rings. The Morgan fingerprint density at radius 1 is 1.20 bits per heavy atom. The molecule has 0 aromatic carbocycles. The predicted octanol–water partition coefficient (Wildman–Crippen LogP) is -6.06. The van der Waals surface area contributed by atoms with Gasteiger partial charge in [-0.2, -0.15) is 0 Å². The van der Waals surface area contributed by atoms with Crippen LogP contribution in [0.15, 0.2) is 0 Å². The molecule has 0 aliphatic rings. The summed E-state index contributed by atoms with van der Waals surface area (Å²) in [5.41, 5.74) is 0. The number of carboxylic acid groups (broad SMARTS) is 2. The van der Waals surface area contributed by atoms with Gasteiger partial charge in [-0.3, -0.25) is 0 Å². The molecule has 0 heterocycles. The fourth-order valence-corrected chi connectivity index (χ4v) is 0. The first-order chi connectivity index (χ1) is 3.46. The topological polar surface area (TPSA) is 129 Å². The maximum Gasteiger partial charge on any atom is 2.00 e. The Bertz CT molecular complexity index is 75.7. The van der Waals surface area contributed by atoms with Crippen molar-refractivity contribution >= 4 is 55.0 Å². The van der Waals surface area contributed by atoms with Gasteiger partial charge in [0.1, 0.15) is 0 Å². The fraction of sp³-hybridized carbons (Fsp3) is 0. The minimum atomic E-state index is -2.33. The molecule has 7 nitrogen and oxygen atoms in total. The molecule has 0 aromatic heterocycles. The van der Waals surface area contributed by atoms with Gasteiger partial charge in [-0.25, -0.2) is 0 Å². The Balaban J connectivity index is -0.0000000300. The zero-order chi connectivity index (χ0) is 7.15. The minimum absolute atomic E-state index is 0. The van der Waals surface area contributed by atoms with E-state index in [1.165, 1.54) is 0 Å². The number of nitrogens with zero attached hydrogens (tertiary/aromatic N) is 1. The molecule has 0 rings (SSSR count). The van der Waals surface area contributed by atoms with Gasteiger partial charge < -0.3 is 30.3 Å². The first-order valence-electron chi connectivity index (χ1n) is 1.16. The van der Waals surface area contributed by atoms with Crippen LogP contribution in [0.25, 0.3) is 0 Å². The molecule has 10 heavy (non-hydrogen) atoms. The van der Waals surface area contributed by atoms with Crippen LogP contribution in [-0.4, -0.2) is 60.1 Å². The monoisotopic (exact) mass is 283 g/mol. The van der Waals surface area contributed by atoms with Crippen molar-refractivity contribution in [3.05, 3.63) is 15.3 Å². The normalized spacial score (nSPS) is 4.80. The predicted molar refractivity (Wildman–Crippen MR) is 21.5 cm³/mol. The first-order valence-corrected chi connectivity index (χ1v) is 1.16. The van der Waals surface area contributed by atoms with Crippen LogP contribution in [0.4, 0.5) is 4.79 Å². The zero-order valence-electron chi connectivity index (χ0n) is 5.10. The number of carbonyl (C=O) groups is 1. The van der Waals surface area contributed by atoms with Gasteiger partial charge in [-0.05, 0) is 6.16 Å². The van der Waals surface area contributed by atoms with Gasteiger partial charge >= 0.3 is 78.4 Å². The number of rotatable bonds is 0. The van der Waals surface area contributed by atoms with Gasteiger partial charge in [0.2, 0.25) is 0 Å². The molecule has 0 bridgehead atoms. The van der Waals surface area contributed by atoms with Gasteiger partial charge in [0.15, 0.2) is 0 Å². The van der Waals surface area contributed by atoms with Crippen molar-refractivity contribution in [1.82, 2.24) is 0 Å². The summed E-state index contributed by atoms with van der Waals surface area (Å²) < 4.78 is 0. The summed E-state index contributed by atoms with van der Waals surface area (Å²) in [6.07, 6.45) is -2.33. The molecule has 0 aliphatic heterocycles. The average Bonchev–Trinajstić information content (AvgIpc) is 1.25. The van der Waals surface area contributed by atoms with Gasteiger partial charge in [-0.1, -0.05) is 0 Å².